The molecule has 0 bridgehead atoms. The minimum absolute atomic E-state index is 0.196. The minimum atomic E-state index is -0.196. The third-order valence-corrected chi connectivity index (χ3v) is 3.83. The van der Waals surface area contributed by atoms with Gasteiger partial charge in [0.15, 0.2) is 0 Å². The van der Waals surface area contributed by atoms with Crippen molar-refractivity contribution >= 4 is 15.9 Å². The van der Waals surface area contributed by atoms with E-state index < -0.39 is 0 Å². The van der Waals surface area contributed by atoms with E-state index in [-0.39, 0.29) is 5.82 Å². The average Bonchev–Trinajstić information content (AvgIpc) is 2.74. The summed E-state index contributed by atoms with van der Waals surface area (Å²) < 4.78 is 16.8. The standard InChI is InChI=1S/C16H21BrFN3/c1-11(2)7-19-8-15-9-20-12(3)21(15)10-13-4-5-14(17)6-16(13)18/h4-6,9,11,19H,7-8,10H2,1-3H3. The lowest BCUT2D eigenvalue weighted by Crippen LogP contribution is -2.21. The summed E-state index contributed by atoms with van der Waals surface area (Å²) in [6, 6.07) is 5.17. The Kier molecular flexibility index (Phi) is 5.53. The second-order valence-corrected chi connectivity index (χ2v) is 6.56. The molecule has 0 spiro atoms. The number of aryl methyl sites for hydroxylation is 1. The topological polar surface area (TPSA) is 29.9 Å². The molecule has 1 aromatic carbocycles. The monoisotopic (exact) mass is 353 g/mol. The first-order chi connectivity index (χ1) is 9.97. The van der Waals surface area contributed by atoms with Gasteiger partial charge in [-0.1, -0.05) is 35.8 Å². The van der Waals surface area contributed by atoms with Gasteiger partial charge in [-0.25, -0.2) is 9.37 Å². The van der Waals surface area contributed by atoms with Crippen molar-refractivity contribution in [1.82, 2.24) is 14.9 Å². The maximum Gasteiger partial charge on any atom is 0.129 e. The highest BCUT2D eigenvalue weighted by atomic mass is 79.9. The third kappa shape index (κ3) is 4.38. The van der Waals surface area contributed by atoms with Gasteiger partial charge in [-0.05, 0) is 31.5 Å². The molecule has 0 fully saturated rings. The Morgan fingerprint density at radius 3 is 2.81 bits per heavy atom. The van der Waals surface area contributed by atoms with Crippen molar-refractivity contribution in [1.29, 1.82) is 0 Å². The molecule has 21 heavy (non-hydrogen) atoms. The van der Waals surface area contributed by atoms with Crippen LogP contribution in [0.15, 0.2) is 28.9 Å². The van der Waals surface area contributed by atoms with Crippen LogP contribution >= 0.6 is 15.9 Å². The number of hydrogen-bond donors (Lipinski definition) is 1. The zero-order valence-electron chi connectivity index (χ0n) is 12.7. The summed E-state index contributed by atoms with van der Waals surface area (Å²) in [5.74, 6) is 1.31. The van der Waals surface area contributed by atoms with Crippen molar-refractivity contribution in [3.63, 3.8) is 0 Å². The van der Waals surface area contributed by atoms with E-state index in [1.807, 2.05) is 25.3 Å². The fourth-order valence-corrected chi connectivity index (χ4v) is 2.51. The molecule has 0 atom stereocenters. The van der Waals surface area contributed by atoms with E-state index in [0.29, 0.717) is 18.0 Å². The summed E-state index contributed by atoms with van der Waals surface area (Å²) in [5, 5.41) is 3.40. The molecule has 0 saturated heterocycles. The number of benzene rings is 1. The number of rotatable bonds is 6. The number of imidazole rings is 1. The molecule has 0 aliphatic rings. The second-order valence-electron chi connectivity index (χ2n) is 5.64. The van der Waals surface area contributed by atoms with Crippen LogP contribution in [0.2, 0.25) is 0 Å². The van der Waals surface area contributed by atoms with Crippen molar-refractivity contribution in [2.75, 3.05) is 6.54 Å². The van der Waals surface area contributed by atoms with E-state index in [1.165, 1.54) is 6.07 Å². The molecule has 1 heterocycles. The predicted molar refractivity (Wildman–Crippen MR) is 86.7 cm³/mol. The van der Waals surface area contributed by atoms with E-state index >= 15 is 0 Å². The normalized spacial score (nSPS) is 11.3. The summed E-state index contributed by atoms with van der Waals surface area (Å²) in [7, 11) is 0. The van der Waals surface area contributed by atoms with Crippen LogP contribution in [0.5, 0.6) is 0 Å². The van der Waals surface area contributed by atoms with Gasteiger partial charge in [-0.3, -0.25) is 0 Å². The fourth-order valence-electron chi connectivity index (χ4n) is 2.18. The molecule has 1 N–H and O–H groups in total. The summed E-state index contributed by atoms with van der Waals surface area (Å²) in [6.45, 7) is 8.50. The van der Waals surface area contributed by atoms with E-state index in [0.717, 1.165) is 29.1 Å². The van der Waals surface area contributed by atoms with Crippen molar-refractivity contribution in [3.8, 4) is 0 Å². The minimum Gasteiger partial charge on any atom is -0.326 e. The van der Waals surface area contributed by atoms with Gasteiger partial charge in [0, 0.05) is 22.8 Å². The molecular weight excluding hydrogens is 333 g/mol. The highest BCUT2D eigenvalue weighted by Gasteiger charge is 2.10. The van der Waals surface area contributed by atoms with E-state index in [9.17, 15) is 4.39 Å². The van der Waals surface area contributed by atoms with E-state index in [2.05, 4.69) is 44.6 Å². The maximum atomic E-state index is 14.0. The highest BCUT2D eigenvalue weighted by Crippen LogP contribution is 2.18. The summed E-state index contributed by atoms with van der Waals surface area (Å²) in [6.07, 6.45) is 1.86. The summed E-state index contributed by atoms with van der Waals surface area (Å²) in [4.78, 5) is 4.35. The number of nitrogens with one attached hydrogen (secondary N) is 1. The lowest BCUT2D eigenvalue weighted by Gasteiger charge is -2.13. The van der Waals surface area contributed by atoms with Crippen LogP contribution in [0.4, 0.5) is 4.39 Å². The van der Waals surface area contributed by atoms with Crippen molar-refractivity contribution in [3.05, 3.63) is 51.8 Å². The zero-order chi connectivity index (χ0) is 15.4. The molecular formula is C16H21BrFN3. The number of nitrogens with zero attached hydrogens (tertiary/aromatic N) is 2. The molecule has 2 aromatic rings. The van der Waals surface area contributed by atoms with Crippen LogP contribution in [-0.2, 0) is 13.1 Å². The number of halogens is 2. The maximum absolute atomic E-state index is 14.0. The predicted octanol–water partition coefficient (Wildman–Crippen LogP) is 3.89. The quantitative estimate of drug-likeness (QED) is 0.853. The smallest absolute Gasteiger partial charge is 0.129 e. The number of aromatic nitrogens is 2. The molecule has 0 unspecified atom stereocenters. The lowest BCUT2D eigenvalue weighted by molar-refractivity contribution is 0.534. The Bertz CT molecular complexity index is 608. The molecule has 0 aliphatic carbocycles. The van der Waals surface area contributed by atoms with Crippen LogP contribution < -0.4 is 5.32 Å². The van der Waals surface area contributed by atoms with Crippen LogP contribution in [0.3, 0.4) is 0 Å². The Hall–Kier alpha value is -1.20. The van der Waals surface area contributed by atoms with Gasteiger partial charge in [-0.15, -0.1) is 0 Å². The molecule has 5 heteroatoms. The molecule has 3 nitrogen and oxygen atoms in total. The molecule has 2 rings (SSSR count). The van der Waals surface area contributed by atoms with Crippen LogP contribution in [-0.4, -0.2) is 16.1 Å². The molecule has 0 radical (unpaired) electrons. The lowest BCUT2D eigenvalue weighted by atomic mass is 10.2. The first-order valence-corrected chi connectivity index (χ1v) is 7.92. The number of hydrogen-bond acceptors (Lipinski definition) is 2. The van der Waals surface area contributed by atoms with Crippen LogP contribution in [0.25, 0.3) is 0 Å². The summed E-state index contributed by atoms with van der Waals surface area (Å²) >= 11 is 3.28. The van der Waals surface area contributed by atoms with Gasteiger partial charge in [0.1, 0.15) is 11.6 Å². The van der Waals surface area contributed by atoms with Gasteiger partial charge < -0.3 is 9.88 Å². The molecule has 1 aromatic heterocycles. The first-order valence-electron chi connectivity index (χ1n) is 7.13. The van der Waals surface area contributed by atoms with Crippen molar-refractivity contribution in [2.24, 2.45) is 5.92 Å². The Labute approximate surface area is 133 Å². The Morgan fingerprint density at radius 1 is 1.38 bits per heavy atom. The fraction of sp³-hybridized carbons (Fsp3) is 0.438. The Balaban J connectivity index is 2.13. The highest BCUT2D eigenvalue weighted by molar-refractivity contribution is 9.10. The van der Waals surface area contributed by atoms with Gasteiger partial charge in [-0.2, -0.15) is 0 Å². The largest absolute Gasteiger partial charge is 0.326 e. The molecule has 114 valence electrons. The molecule has 0 amide bonds. The molecule has 0 aliphatic heterocycles. The molecule has 0 saturated carbocycles. The Morgan fingerprint density at radius 2 is 2.14 bits per heavy atom. The average molecular weight is 354 g/mol. The van der Waals surface area contributed by atoms with E-state index in [1.54, 1.807) is 0 Å². The van der Waals surface area contributed by atoms with Crippen molar-refractivity contribution < 1.29 is 4.39 Å². The van der Waals surface area contributed by atoms with E-state index in [4.69, 9.17) is 0 Å². The van der Waals surface area contributed by atoms with Crippen molar-refractivity contribution in [2.45, 2.75) is 33.9 Å². The van der Waals surface area contributed by atoms with Gasteiger partial charge >= 0.3 is 0 Å². The van der Waals surface area contributed by atoms with Gasteiger partial charge in [0.05, 0.1) is 12.2 Å². The first kappa shape index (κ1) is 16.2. The van der Waals surface area contributed by atoms with Gasteiger partial charge in [0.2, 0.25) is 0 Å². The second kappa shape index (κ2) is 7.18. The van der Waals surface area contributed by atoms with Crippen LogP contribution in [0, 0.1) is 18.7 Å². The van der Waals surface area contributed by atoms with Crippen LogP contribution in [0.1, 0.15) is 30.9 Å². The third-order valence-electron chi connectivity index (χ3n) is 3.34. The zero-order valence-corrected chi connectivity index (χ0v) is 14.2. The summed E-state index contributed by atoms with van der Waals surface area (Å²) in [5.41, 5.74) is 1.75. The van der Waals surface area contributed by atoms with Gasteiger partial charge in [0.25, 0.3) is 0 Å². The SMILES string of the molecule is Cc1ncc(CNCC(C)C)n1Cc1ccc(Br)cc1F.